The maximum Gasteiger partial charge on any atom is 0.490 e. The number of methoxy groups -OCH3 is 1. The molecule has 1 saturated heterocycles. The van der Waals surface area contributed by atoms with Crippen molar-refractivity contribution in [3.63, 3.8) is 0 Å². The first kappa shape index (κ1) is 25.1. The molecule has 11 heteroatoms. The van der Waals surface area contributed by atoms with Crippen molar-refractivity contribution in [3.05, 3.63) is 35.6 Å². The third-order valence-electron chi connectivity index (χ3n) is 6.47. The smallest absolute Gasteiger partial charge is 0.475 e. The van der Waals surface area contributed by atoms with Crippen LogP contribution in [-0.2, 0) is 20.9 Å². The lowest BCUT2D eigenvalue weighted by Crippen LogP contribution is -2.47. The third-order valence-corrected chi connectivity index (χ3v) is 6.47. The Balaban J connectivity index is 0.000000383. The second kappa shape index (κ2) is 9.76. The molecule has 4 rings (SSSR count). The summed E-state index contributed by atoms with van der Waals surface area (Å²) in [6.45, 7) is 5.70. The van der Waals surface area contributed by atoms with Crippen LogP contribution in [-0.4, -0.2) is 77.7 Å². The van der Waals surface area contributed by atoms with Crippen molar-refractivity contribution in [2.75, 3.05) is 33.4 Å². The van der Waals surface area contributed by atoms with Gasteiger partial charge >= 0.3 is 12.1 Å². The minimum Gasteiger partial charge on any atom is -0.475 e. The summed E-state index contributed by atoms with van der Waals surface area (Å²) in [6, 6.07) is 6.70. The summed E-state index contributed by atoms with van der Waals surface area (Å²) >= 11 is 0. The maximum atomic E-state index is 13.2. The molecular weight excluding hydrogens is 446 g/mol. The van der Waals surface area contributed by atoms with Crippen molar-refractivity contribution in [1.29, 1.82) is 0 Å². The fourth-order valence-electron chi connectivity index (χ4n) is 4.99. The molecule has 0 bridgehead atoms. The number of aliphatic carboxylic acids is 1. The molecule has 33 heavy (non-hydrogen) atoms. The van der Waals surface area contributed by atoms with Crippen molar-refractivity contribution in [3.8, 4) is 0 Å². The number of carbonyl (C=O) groups excluding carboxylic acids is 1. The summed E-state index contributed by atoms with van der Waals surface area (Å²) in [4.78, 5) is 31.2. The number of amides is 1. The van der Waals surface area contributed by atoms with Gasteiger partial charge in [-0.15, -0.1) is 0 Å². The monoisotopic (exact) mass is 473 g/mol. The average molecular weight is 473 g/mol. The van der Waals surface area contributed by atoms with E-state index in [4.69, 9.17) is 19.6 Å². The molecule has 0 radical (unpaired) electrons. The summed E-state index contributed by atoms with van der Waals surface area (Å²) in [5.74, 6) is -1.19. The van der Waals surface area contributed by atoms with Gasteiger partial charge in [-0.3, -0.25) is 19.6 Å². The van der Waals surface area contributed by atoms with Crippen molar-refractivity contribution < 1.29 is 37.0 Å². The molecule has 3 atom stereocenters. The highest BCUT2D eigenvalue weighted by Gasteiger charge is 2.60. The lowest BCUT2D eigenvalue weighted by Gasteiger charge is -2.28. The Hall–Kier alpha value is -2.53. The zero-order valence-corrected chi connectivity index (χ0v) is 18.4. The molecular formula is C22H27F4N3O4. The minimum atomic E-state index is -5.08. The molecule has 0 unspecified atom stereocenters. The predicted molar refractivity (Wildman–Crippen MR) is 111 cm³/mol. The Bertz CT molecular complexity index is 906. The van der Waals surface area contributed by atoms with Crippen molar-refractivity contribution in [1.82, 2.24) is 9.80 Å². The number of carbonyl (C=O) groups is 2. The number of benzene rings is 1. The molecule has 1 aliphatic carbocycles. The lowest BCUT2D eigenvalue weighted by molar-refractivity contribution is -0.192. The van der Waals surface area contributed by atoms with E-state index in [1.54, 1.807) is 12.0 Å². The van der Waals surface area contributed by atoms with Crippen LogP contribution in [0, 0.1) is 17.7 Å². The van der Waals surface area contributed by atoms with E-state index in [1.807, 2.05) is 19.1 Å². The number of rotatable bonds is 5. The Labute approximate surface area is 189 Å². The van der Waals surface area contributed by atoms with E-state index in [0.717, 1.165) is 43.9 Å². The highest BCUT2D eigenvalue weighted by atomic mass is 19.4. The van der Waals surface area contributed by atoms with Crippen LogP contribution in [0.5, 0.6) is 0 Å². The molecule has 182 valence electrons. The average Bonchev–Trinajstić information content (AvgIpc) is 3.36. The van der Waals surface area contributed by atoms with Crippen LogP contribution >= 0.6 is 0 Å². The number of hydrogen-bond donors (Lipinski definition) is 1. The molecule has 1 spiro atoms. The van der Waals surface area contributed by atoms with E-state index in [-0.39, 0.29) is 17.6 Å². The fraction of sp³-hybridized carbons (Fsp3) is 0.591. The number of ether oxygens (including phenoxy) is 1. The van der Waals surface area contributed by atoms with Gasteiger partial charge in [-0.2, -0.15) is 13.2 Å². The normalized spacial score (nSPS) is 26.9. The number of aliphatic imine (C=N–C) groups is 1. The van der Waals surface area contributed by atoms with Crippen LogP contribution in [0.2, 0.25) is 0 Å². The van der Waals surface area contributed by atoms with Crippen LogP contribution in [0.25, 0.3) is 0 Å². The summed E-state index contributed by atoms with van der Waals surface area (Å²) in [5.41, 5.74) is 0.541. The Morgan fingerprint density at radius 2 is 1.91 bits per heavy atom. The van der Waals surface area contributed by atoms with Gasteiger partial charge in [0.05, 0.1) is 13.2 Å². The second-order valence-electron chi connectivity index (χ2n) is 8.56. The Morgan fingerprint density at radius 3 is 2.48 bits per heavy atom. The van der Waals surface area contributed by atoms with Crippen molar-refractivity contribution >= 4 is 17.7 Å². The number of halogens is 4. The van der Waals surface area contributed by atoms with E-state index in [0.29, 0.717) is 19.1 Å². The van der Waals surface area contributed by atoms with E-state index in [1.165, 1.54) is 12.1 Å². The largest absolute Gasteiger partial charge is 0.490 e. The summed E-state index contributed by atoms with van der Waals surface area (Å²) in [6.07, 6.45) is -3.18. The van der Waals surface area contributed by atoms with Crippen LogP contribution in [0.3, 0.4) is 0 Å². The minimum absolute atomic E-state index is 0.156. The van der Waals surface area contributed by atoms with Gasteiger partial charge in [0.25, 0.3) is 5.91 Å². The van der Waals surface area contributed by atoms with Crippen LogP contribution in [0.4, 0.5) is 17.6 Å². The number of carboxylic acid groups (broad SMARTS) is 1. The second-order valence-corrected chi connectivity index (χ2v) is 8.56. The zero-order chi connectivity index (χ0) is 24.4. The molecule has 7 nitrogen and oxygen atoms in total. The molecule has 1 aromatic rings. The van der Waals surface area contributed by atoms with Crippen LogP contribution in [0.1, 0.15) is 25.3 Å². The molecule has 1 amide bonds. The fourth-order valence-corrected chi connectivity index (χ4v) is 4.99. The number of nitrogens with zero attached hydrogens (tertiary/aromatic N) is 3. The molecule has 0 aromatic heterocycles. The van der Waals surface area contributed by atoms with Crippen molar-refractivity contribution in [2.24, 2.45) is 16.8 Å². The zero-order valence-electron chi connectivity index (χ0n) is 18.4. The van der Waals surface area contributed by atoms with Gasteiger partial charge < -0.3 is 9.84 Å². The van der Waals surface area contributed by atoms with E-state index < -0.39 is 17.7 Å². The number of carboxylic acids is 1. The topological polar surface area (TPSA) is 82.4 Å². The quantitative estimate of drug-likeness (QED) is 0.665. The maximum absolute atomic E-state index is 13.2. The first-order valence-corrected chi connectivity index (χ1v) is 10.6. The van der Waals surface area contributed by atoms with Gasteiger partial charge in [0, 0.05) is 32.7 Å². The molecule has 2 fully saturated rings. The standard InChI is InChI=1S/C20H26FN3O2.C2HF3O2/c1-14-22-20(19(25)24(14)9-10-26-2)8-7-16-12-23(13-18(16)20)11-15-3-5-17(21)6-4-15;3-2(4,5)1(6)7/h3-6,16,18H,7-13H2,1-2H3;(H,6,7)/t16-,18+,20-;/m1./s1. The number of amidine groups is 1. The number of hydrogen-bond acceptors (Lipinski definition) is 5. The Morgan fingerprint density at radius 1 is 1.27 bits per heavy atom. The number of fused-ring (bicyclic) bond motifs is 2. The molecule has 1 N–H and O–H groups in total. The summed E-state index contributed by atoms with van der Waals surface area (Å²) in [7, 11) is 1.65. The first-order chi connectivity index (χ1) is 15.5. The van der Waals surface area contributed by atoms with Gasteiger partial charge in [-0.1, -0.05) is 12.1 Å². The highest BCUT2D eigenvalue weighted by molar-refractivity contribution is 6.07. The number of likely N-dealkylation sites (tertiary alicyclic amines) is 1. The van der Waals surface area contributed by atoms with Gasteiger partial charge in [-0.05, 0) is 43.4 Å². The van der Waals surface area contributed by atoms with Crippen LogP contribution in [0.15, 0.2) is 29.3 Å². The highest BCUT2D eigenvalue weighted by Crippen LogP contribution is 2.50. The lowest BCUT2D eigenvalue weighted by atomic mass is 9.85. The van der Waals surface area contributed by atoms with Gasteiger partial charge in [0.2, 0.25) is 0 Å². The van der Waals surface area contributed by atoms with E-state index >= 15 is 0 Å². The first-order valence-electron chi connectivity index (χ1n) is 10.6. The van der Waals surface area contributed by atoms with Crippen LogP contribution < -0.4 is 0 Å². The summed E-state index contributed by atoms with van der Waals surface area (Å²) in [5, 5.41) is 7.12. The predicted octanol–water partition coefficient (Wildman–Crippen LogP) is 2.95. The molecule has 2 aliphatic heterocycles. The SMILES string of the molecule is COCCN1C(=O)[C@]2(CC[C@@H]3CN(Cc4ccc(F)cc4)C[C@@H]32)N=C1C.O=C(O)C(F)(F)F. The molecule has 3 aliphatic rings. The van der Waals surface area contributed by atoms with Gasteiger partial charge in [0.1, 0.15) is 17.2 Å². The van der Waals surface area contributed by atoms with Crippen molar-refractivity contribution in [2.45, 2.75) is 38.0 Å². The molecule has 1 aromatic carbocycles. The van der Waals surface area contributed by atoms with E-state index in [2.05, 4.69) is 4.90 Å². The Kier molecular flexibility index (Phi) is 7.42. The molecule has 2 heterocycles. The number of alkyl halides is 3. The molecule has 1 saturated carbocycles. The van der Waals surface area contributed by atoms with E-state index in [9.17, 15) is 22.4 Å². The third kappa shape index (κ3) is 5.35. The van der Waals surface area contributed by atoms with Gasteiger partial charge in [0.15, 0.2) is 0 Å². The summed E-state index contributed by atoms with van der Waals surface area (Å²) < 4.78 is 50.0. The van der Waals surface area contributed by atoms with Gasteiger partial charge in [-0.25, -0.2) is 9.18 Å².